The number of nitriles is 1. The van der Waals surface area contributed by atoms with Crippen LogP contribution in [0.5, 0.6) is 0 Å². The molecule has 0 unspecified atom stereocenters. The molecule has 116 valence electrons. The van der Waals surface area contributed by atoms with Crippen molar-refractivity contribution in [2.75, 3.05) is 11.5 Å². The Kier molecular flexibility index (Phi) is 5.61. The summed E-state index contributed by atoms with van der Waals surface area (Å²) in [4.78, 5) is 3.91. The molecule has 0 amide bonds. The van der Waals surface area contributed by atoms with E-state index in [1.165, 1.54) is 13.0 Å². The summed E-state index contributed by atoms with van der Waals surface area (Å²) in [5, 5.41) is 13.7. The molecule has 1 aromatic rings. The molecule has 0 aliphatic rings. The highest BCUT2D eigenvalue weighted by Crippen LogP contribution is 2.35. The van der Waals surface area contributed by atoms with E-state index in [1.807, 2.05) is 0 Å². The van der Waals surface area contributed by atoms with Crippen LogP contribution in [-0.2, 0) is 16.2 Å². The molecule has 0 spiro atoms. The highest BCUT2D eigenvalue weighted by Gasteiger charge is 2.35. The fourth-order valence-corrected chi connectivity index (χ4v) is 3.23. The van der Waals surface area contributed by atoms with Crippen LogP contribution in [0.2, 0.25) is 0 Å². The van der Waals surface area contributed by atoms with Crippen molar-refractivity contribution >= 4 is 21.8 Å². The molecule has 0 bridgehead atoms. The van der Waals surface area contributed by atoms with Crippen molar-refractivity contribution in [1.82, 2.24) is 4.98 Å². The first kappa shape index (κ1) is 17.7. The molecule has 1 aromatic heterocycles. The number of halogens is 3. The fraction of sp³-hybridized carbons (Fsp3) is 0.455. The molecule has 21 heavy (non-hydrogen) atoms. The molecular formula is C11H12F3N3O2S2. The van der Waals surface area contributed by atoms with Crippen LogP contribution >= 0.6 is 11.8 Å². The van der Waals surface area contributed by atoms with Gasteiger partial charge in [-0.2, -0.15) is 18.4 Å². The monoisotopic (exact) mass is 339 g/mol. The molecule has 0 saturated carbocycles. The summed E-state index contributed by atoms with van der Waals surface area (Å²) >= 11 is 0.903. The summed E-state index contributed by atoms with van der Waals surface area (Å²) in [5.41, 5.74) is -1.45. The molecule has 0 saturated heterocycles. The molecule has 10 heteroatoms. The Morgan fingerprint density at radius 2 is 2.10 bits per heavy atom. The van der Waals surface area contributed by atoms with E-state index in [0.717, 1.165) is 17.8 Å². The molecular weight excluding hydrogens is 327 g/mol. The van der Waals surface area contributed by atoms with Crippen molar-refractivity contribution in [3.63, 3.8) is 0 Å². The van der Waals surface area contributed by atoms with Gasteiger partial charge < -0.3 is 0 Å². The van der Waals surface area contributed by atoms with Gasteiger partial charge in [-0.3, -0.25) is 0 Å². The first-order valence-corrected chi connectivity index (χ1v) is 8.37. The summed E-state index contributed by atoms with van der Waals surface area (Å²) in [5.74, 6) is -0.0846. The number of hydrogen-bond donors (Lipinski definition) is 1. The fourth-order valence-electron chi connectivity index (χ4n) is 1.51. The van der Waals surface area contributed by atoms with Gasteiger partial charge in [0.2, 0.25) is 10.0 Å². The van der Waals surface area contributed by atoms with E-state index < -0.39 is 27.3 Å². The van der Waals surface area contributed by atoms with Crippen molar-refractivity contribution in [1.29, 1.82) is 5.26 Å². The van der Waals surface area contributed by atoms with Gasteiger partial charge in [0.05, 0.1) is 16.9 Å². The quantitative estimate of drug-likeness (QED) is 0.654. The first-order chi connectivity index (χ1) is 9.54. The minimum Gasteiger partial charge on any atom is -0.245 e. The van der Waals surface area contributed by atoms with Gasteiger partial charge in [-0.1, -0.05) is 0 Å². The maximum atomic E-state index is 12.9. The van der Waals surface area contributed by atoms with Crippen LogP contribution in [0.4, 0.5) is 13.2 Å². The number of sulfonamides is 1. The first-order valence-electron chi connectivity index (χ1n) is 5.67. The molecule has 2 N–H and O–H groups in total. The number of aromatic nitrogens is 1. The zero-order chi connectivity index (χ0) is 16.3. The standard InChI is InChI=1S/C11H12F3N3O2S2/c1-7-5-9(11(12,13)14)8(6-15)10(17-7)20-3-2-4-21(16,18)19/h5H,2-4H2,1H3,(H2,16,18,19). The maximum absolute atomic E-state index is 12.9. The van der Waals surface area contributed by atoms with Gasteiger partial charge in [0.1, 0.15) is 11.1 Å². The van der Waals surface area contributed by atoms with Crippen molar-refractivity contribution in [3.8, 4) is 6.07 Å². The highest BCUT2D eigenvalue weighted by molar-refractivity contribution is 7.99. The summed E-state index contributed by atoms with van der Waals surface area (Å²) in [7, 11) is -3.61. The lowest BCUT2D eigenvalue weighted by Gasteiger charge is -2.12. The number of primary sulfonamides is 1. The van der Waals surface area contributed by atoms with E-state index in [0.29, 0.717) is 0 Å². The van der Waals surface area contributed by atoms with E-state index in [9.17, 15) is 21.6 Å². The average molecular weight is 339 g/mol. The minimum absolute atomic E-state index is 0.0563. The van der Waals surface area contributed by atoms with Gasteiger partial charge in [0, 0.05) is 11.4 Å². The molecule has 0 aliphatic carbocycles. The average Bonchev–Trinajstić information content (AvgIpc) is 2.31. The summed E-state index contributed by atoms with van der Waals surface area (Å²) < 4.78 is 60.1. The number of rotatable bonds is 5. The third-order valence-electron chi connectivity index (χ3n) is 2.34. The minimum atomic E-state index is -4.64. The third kappa shape index (κ3) is 5.53. The number of nitrogens with two attached hydrogens (primary N) is 1. The Balaban J connectivity index is 2.98. The van der Waals surface area contributed by atoms with Gasteiger partial charge in [-0.15, -0.1) is 11.8 Å². The SMILES string of the molecule is Cc1cc(C(F)(F)F)c(C#N)c(SCCCS(N)(=O)=O)n1. The van der Waals surface area contributed by atoms with Crippen LogP contribution in [0.25, 0.3) is 0 Å². The summed E-state index contributed by atoms with van der Waals surface area (Å²) in [6.07, 6.45) is -4.49. The second-order valence-corrected chi connectivity index (χ2v) is 6.99. The van der Waals surface area contributed by atoms with Gasteiger partial charge >= 0.3 is 6.18 Å². The van der Waals surface area contributed by atoms with Gasteiger partial charge in [0.25, 0.3) is 0 Å². The lowest BCUT2D eigenvalue weighted by atomic mass is 10.1. The van der Waals surface area contributed by atoms with E-state index in [-0.39, 0.29) is 28.6 Å². The second kappa shape index (κ2) is 6.64. The second-order valence-electron chi connectivity index (χ2n) is 4.17. The van der Waals surface area contributed by atoms with E-state index >= 15 is 0 Å². The van der Waals surface area contributed by atoms with Gasteiger partial charge in [-0.25, -0.2) is 18.5 Å². The van der Waals surface area contributed by atoms with Crippen molar-refractivity contribution in [2.24, 2.45) is 5.14 Å². The molecule has 5 nitrogen and oxygen atoms in total. The zero-order valence-corrected chi connectivity index (χ0v) is 12.6. The molecule has 0 radical (unpaired) electrons. The molecule has 0 fully saturated rings. The van der Waals surface area contributed by atoms with Crippen LogP contribution in [0.3, 0.4) is 0 Å². The van der Waals surface area contributed by atoms with Gasteiger partial charge in [0.15, 0.2) is 0 Å². The van der Waals surface area contributed by atoms with Crippen molar-refractivity contribution in [2.45, 2.75) is 24.5 Å². The van der Waals surface area contributed by atoms with Crippen LogP contribution < -0.4 is 5.14 Å². The van der Waals surface area contributed by atoms with Crippen molar-refractivity contribution < 1.29 is 21.6 Å². The van der Waals surface area contributed by atoms with Gasteiger partial charge in [-0.05, 0) is 19.4 Å². The Bertz CT molecular complexity index is 667. The lowest BCUT2D eigenvalue weighted by Crippen LogP contribution is -2.16. The zero-order valence-electron chi connectivity index (χ0n) is 10.9. The Hall–Kier alpha value is -1.31. The number of thioether (sulfide) groups is 1. The molecule has 0 aliphatic heterocycles. The Morgan fingerprint density at radius 3 is 2.57 bits per heavy atom. The van der Waals surface area contributed by atoms with E-state index in [1.54, 1.807) is 0 Å². The largest absolute Gasteiger partial charge is 0.417 e. The molecule has 1 heterocycles. The smallest absolute Gasteiger partial charge is 0.245 e. The van der Waals surface area contributed by atoms with E-state index in [4.69, 9.17) is 10.4 Å². The Labute approximate surface area is 124 Å². The molecule has 1 rings (SSSR count). The van der Waals surface area contributed by atoms with Crippen LogP contribution in [-0.4, -0.2) is 24.9 Å². The predicted octanol–water partition coefficient (Wildman–Crippen LogP) is 2.05. The van der Waals surface area contributed by atoms with Crippen molar-refractivity contribution in [3.05, 3.63) is 22.9 Å². The third-order valence-corrected chi connectivity index (χ3v) is 4.26. The van der Waals surface area contributed by atoms with E-state index in [2.05, 4.69) is 4.98 Å². The van der Waals surface area contributed by atoms with Crippen LogP contribution in [0, 0.1) is 18.3 Å². The number of nitrogens with zero attached hydrogens (tertiary/aromatic N) is 2. The molecule has 0 aromatic carbocycles. The Morgan fingerprint density at radius 1 is 1.48 bits per heavy atom. The summed E-state index contributed by atoms with van der Waals surface area (Å²) in [6.45, 7) is 1.39. The normalized spacial score (nSPS) is 12.2. The number of pyridine rings is 1. The number of alkyl halides is 3. The van der Waals surface area contributed by atoms with Crippen LogP contribution in [0.1, 0.15) is 23.2 Å². The lowest BCUT2D eigenvalue weighted by molar-refractivity contribution is -0.138. The summed E-state index contributed by atoms with van der Waals surface area (Å²) in [6, 6.07) is 2.32. The molecule has 0 atom stereocenters. The number of aryl methyl sites for hydroxylation is 1. The predicted molar refractivity (Wildman–Crippen MR) is 72.0 cm³/mol. The highest BCUT2D eigenvalue weighted by atomic mass is 32.2. The number of hydrogen-bond acceptors (Lipinski definition) is 5. The van der Waals surface area contributed by atoms with Crippen LogP contribution in [0.15, 0.2) is 11.1 Å². The topological polar surface area (TPSA) is 96.8 Å². The maximum Gasteiger partial charge on any atom is 0.417 e.